The number of carboxylic acid groups (broad SMARTS) is 1. The van der Waals surface area contributed by atoms with Crippen LogP contribution in [-0.4, -0.2) is 35.7 Å². The molecule has 2 aromatic rings. The van der Waals surface area contributed by atoms with E-state index in [1.807, 2.05) is 25.1 Å². The van der Waals surface area contributed by atoms with Gasteiger partial charge in [0.05, 0.1) is 18.3 Å². The summed E-state index contributed by atoms with van der Waals surface area (Å²) in [6.45, 7) is 5.17. The van der Waals surface area contributed by atoms with Gasteiger partial charge in [-0.1, -0.05) is 42.5 Å². The van der Waals surface area contributed by atoms with E-state index in [-0.39, 0.29) is 6.10 Å². The molecule has 2 aromatic carbocycles. The topological polar surface area (TPSA) is 49.8 Å². The average molecular weight is 311 g/mol. The van der Waals surface area contributed by atoms with Crippen molar-refractivity contribution < 1.29 is 14.6 Å². The number of hydrogen-bond acceptors (Lipinski definition) is 3. The first-order valence-electron chi connectivity index (χ1n) is 7.85. The second-order valence-corrected chi connectivity index (χ2v) is 5.96. The fourth-order valence-corrected chi connectivity index (χ4v) is 3.02. The van der Waals surface area contributed by atoms with Crippen LogP contribution in [-0.2, 0) is 11.3 Å². The number of rotatable bonds is 4. The van der Waals surface area contributed by atoms with Crippen molar-refractivity contribution in [1.82, 2.24) is 4.90 Å². The number of carboxylic acids is 1. The Balaban J connectivity index is 1.71. The summed E-state index contributed by atoms with van der Waals surface area (Å²) >= 11 is 0. The highest BCUT2D eigenvalue weighted by Gasteiger charge is 2.22. The van der Waals surface area contributed by atoms with E-state index in [2.05, 4.69) is 29.2 Å². The van der Waals surface area contributed by atoms with Crippen molar-refractivity contribution in [3.63, 3.8) is 0 Å². The zero-order valence-electron chi connectivity index (χ0n) is 13.2. The second-order valence-electron chi connectivity index (χ2n) is 5.96. The van der Waals surface area contributed by atoms with Crippen molar-refractivity contribution in [2.24, 2.45) is 0 Å². The highest BCUT2D eigenvalue weighted by atomic mass is 16.5. The molecule has 0 bridgehead atoms. The van der Waals surface area contributed by atoms with E-state index in [9.17, 15) is 4.79 Å². The van der Waals surface area contributed by atoms with Crippen LogP contribution in [0.3, 0.4) is 0 Å². The number of aryl methyl sites for hydroxylation is 1. The molecule has 1 fully saturated rings. The predicted molar refractivity (Wildman–Crippen MR) is 88.6 cm³/mol. The minimum atomic E-state index is -0.885. The van der Waals surface area contributed by atoms with Gasteiger partial charge in [-0.05, 0) is 29.7 Å². The number of hydrogen-bond donors (Lipinski definition) is 1. The molecule has 1 atom stereocenters. The van der Waals surface area contributed by atoms with Crippen LogP contribution < -0.4 is 0 Å². The lowest BCUT2D eigenvalue weighted by Crippen LogP contribution is -2.37. The minimum absolute atomic E-state index is 0.00555. The first-order valence-corrected chi connectivity index (χ1v) is 7.85. The number of aromatic carboxylic acids is 1. The van der Waals surface area contributed by atoms with E-state index >= 15 is 0 Å². The lowest BCUT2D eigenvalue weighted by molar-refractivity contribution is -0.0329. The van der Waals surface area contributed by atoms with Gasteiger partial charge < -0.3 is 9.84 Å². The molecule has 0 amide bonds. The molecule has 1 saturated heterocycles. The number of carbonyl (C=O) groups is 1. The lowest BCUT2D eigenvalue weighted by atomic mass is 10.0. The zero-order chi connectivity index (χ0) is 16.2. The van der Waals surface area contributed by atoms with Gasteiger partial charge in [0.1, 0.15) is 0 Å². The molecule has 0 saturated carbocycles. The van der Waals surface area contributed by atoms with Gasteiger partial charge in [-0.3, -0.25) is 4.90 Å². The quantitative estimate of drug-likeness (QED) is 0.941. The average Bonchev–Trinajstić information content (AvgIpc) is 2.55. The molecule has 0 radical (unpaired) electrons. The van der Waals surface area contributed by atoms with Crippen LogP contribution >= 0.6 is 0 Å². The molecule has 0 aromatic heterocycles. The van der Waals surface area contributed by atoms with Crippen LogP contribution in [0.15, 0.2) is 48.5 Å². The maximum atomic E-state index is 11.1. The van der Waals surface area contributed by atoms with Gasteiger partial charge in [-0.2, -0.15) is 0 Å². The molecule has 1 N–H and O–H groups in total. The first kappa shape index (κ1) is 15.7. The third kappa shape index (κ3) is 3.78. The lowest BCUT2D eigenvalue weighted by Gasteiger charge is -2.33. The first-order chi connectivity index (χ1) is 11.1. The number of ether oxygens (including phenoxy) is 1. The van der Waals surface area contributed by atoms with Crippen molar-refractivity contribution in [1.29, 1.82) is 0 Å². The summed E-state index contributed by atoms with van der Waals surface area (Å²) in [7, 11) is 0. The molecule has 1 heterocycles. The summed E-state index contributed by atoms with van der Waals surface area (Å²) in [5, 5.41) is 9.13. The van der Waals surface area contributed by atoms with E-state index in [0.29, 0.717) is 12.2 Å². The van der Waals surface area contributed by atoms with Crippen LogP contribution in [0.1, 0.15) is 33.2 Å². The molecule has 4 nitrogen and oxygen atoms in total. The minimum Gasteiger partial charge on any atom is -0.478 e. The van der Waals surface area contributed by atoms with Gasteiger partial charge in [0.25, 0.3) is 0 Å². The maximum absolute atomic E-state index is 11.1. The number of benzene rings is 2. The SMILES string of the molecule is Cc1cc([C@H]2CN(Cc3ccccc3)CCO2)ccc1C(=O)O. The molecule has 4 heteroatoms. The Morgan fingerprint density at radius 2 is 2.04 bits per heavy atom. The van der Waals surface area contributed by atoms with Crippen molar-refractivity contribution in [3.05, 3.63) is 70.8 Å². The summed E-state index contributed by atoms with van der Waals surface area (Å²) < 4.78 is 5.90. The standard InChI is InChI=1S/C19H21NO3/c1-14-11-16(7-8-17(14)19(21)22)18-13-20(9-10-23-18)12-15-5-3-2-4-6-15/h2-8,11,18H,9-10,12-13H2,1H3,(H,21,22)/t18-/m1/s1. The fraction of sp³-hybridized carbons (Fsp3) is 0.316. The Kier molecular flexibility index (Phi) is 4.74. The van der Waals surface area contributed by atoms with Crippen LogP contribution in [0.2, 0.25) is 0 Å². The molecule has 0 unspecified atom stereocenters. The maximum Gasteiger partial charge on any atom is 0.335 e. The number of morpholine rings is 1. The Hall–Kier alpha value is -2.17. The largest absolute Gasteiger partial charge is 0.478 e. The van der Waals surface area contributed by atoms with Gasteiger partial charge in [0.15, 0.2) is 0 Å². The Morgan fingerprint density at radius 1 is 1.26 bits per heavy atom. The van der Waals surface area contributed by atoms with Crippen molar-refractivity contribution in [2.75, 3.05) is 19.7 Å². The van der Waals surface area contributed by atoms with Crippen LogP contribution in [0.5, 0.6) is 0 Å². The number of nitrogens with zero attached hydrogens (tertiary/aromatic N) is 1. The van der Waals surface area contributed by atoms with Crippen molar-refractivity contribution >= 4 is 5.97 Å². The normalized spacial score (nSPS) is 18.7. The second kappa shape index (κ2) is 6.94. The molecule has 0 aliphatic carbocycles. The van der Waals surface area contributed by atoms with E-state index < -0.39 is 5.97 Å². The van der Waals surface area contributed by atoms with Crippen LogP contribution in [0.25, 0.3) is 0 Å². The Morgan fingerprint density at radius 3 is 2.74 bits per heavy atom. The molecule has 0 spiro atoms. The molecule has 120 valence electrons. The third-order valence-corrected chi connectivity index (χ3v) is 4.25. The van der Waals surface area contributed by atoms with Gasteiger partial charge in [0.2, 0.25) is 0 Å². The van der Waals surface area contributed by atoms with E-state index in [4.69, 9.17) is 9.84 Å². The molecule has 1 aliphatic rings. The summed E-state index contributed by atoms with van der Waals surface area (Å²) in [5.74, 6) is -0.885. The molecular weight excluding hydrogens is 290 g/mol. The zero-order valence-corrected chi connectivity index (χ0v) is 13.2. The monoisotopic (exact) mass is 311 g/mol. The molecule has 23 heavy (non-hydrogen) atoms. The molecule has 3 rings (SSSR count). The smallest absolute Gasteiger partial charge is 0.335 e. The van der Waals surface area contributed by atoms with E-state index in [0.717, 1.165) is 30.8 Å². The molecule has 1 aliphatic heterocycles. The van der Waals surface area contributed by atoms with Gasteiger partial charge in [-0.25, -0.2) is 4.79 Å². The van der Waals surface area contributed by atoms with Crippen LogP contribution in [0, 0.1) is 6.92 Å². The summed E-state index contributed by atoms with van der Waals surface area (Å²) in [6, 6.07) is 15.9. The molecular formula is C19H21NO3. The summed E-state index contributed by atoms with van der Waals surface area (Å²) in [5.41, 5.74) is 3.47. The highest BCUT2D eigenvalue weighted by Crippen LogP contribution is 2.25. The van der Waals surface area contributed by atoms with E-state index in [1.165, 1.54) is 5.56 Å². The van der Waals surface area contributed by atoms with Crippen LogP contribution in [0.4, 0.5) is 0 Å². The fourth-order valence-electron chi connectivity index (χ4n) is 3.02. The Bertz CT molecular complexity index is 684. The van der Waals surface area contributed by atoms with Crippen molar-refractivity contribution in [3.8, 4) is 0 Å². The Labute approximate surface area is 136 Å². The summed E-state index contributed by atoms with van der Waals surface area (Å²) in [4.78, 5) is 13.5. The van der Waals surface area contributed by atoms with Gasteiger partial charge in [-0.15, -0.1) is 0 Å². The van der Waals surface area contributed by atoms with Gasteiger partial charge in [0, 0.05) is 19.6 Å². The summed E-state index contributed by atoms with van der Waals surface area (Å²) in [6.07, 6.45) is -0.00555. The predicted octanol–water partition coefficient (Wildman–Crippen LogP) is 3.27. The van der Waals surface area contributed by atoms with Crippen molar-refractivity contribution in [2.45, 2.75) is 19.6 Å². The third-order valence-electron chi connectivity index (χ3n) is 4.25. The van der Waals surface area contributed by atoms with Gasteiger partial charge >= 0.3 is 5.97 Å². The highest BCUT2D eigenvalue weighted by molar-refractivity contribution is 5.89. The van der Waals surface area contributed by atoms with E-state index in [1.54, 1.807) is 6.07 Å².